The summed E-state index contributed by atoms with van der Waals surface area (Å²) in [5.41, 5.74) is 1.24. The Morgan fingerprint density at radius 2 is 1.56 bits per heavy atom. The minimum atomic E-state index is 0.246. The number of para-hydroxylation sites is 1. The number of aromatic nitrogens is 2. The highest BCUT2D eigenvalue weighted by Crippen LogP contribution is 2.16. The van der Waals surface area contributed by atoms with E-state index in [2.05, 4.69) is 48.9 Å². The first-order chi connectivity index (χ1) is 13.3. The van der Waals surface area contributed by atoms with Crippen LogP contribution in [0.2, 0.25) is 0 Å². The van der Waals surface area contributed by atoms with Crippen LogP contribution in [0.1, 0.15) is 0 Å². The Balaban J connectivity index is 1.22. The summed E-state index contributed by atoms with van der Waals surface area (Å²) in [4.78, 5) is 30.0. The first-order valence-corrected chi connectivity index (χ1v) is 9.61. The Hall–Kier alpha value is -2.67. The van der Waals surface area contributed by atoms with Gasteiger partial charge in [-0.2, -0.15) is 0 Å². The van der Waals surface area contributed by atoms with Gasteiger partial charge in [-0.3, -0.25) is 14.7 Å². The van der Waals surface area contributed by atoms with E-state index < -0.39 is 0 Å². The Morgan fingerprint density at radius 3 is 2.22 bits per heavy atom. The molecule has 0 atom stereocenters. The number of nitrogens with zero attached hydrogens (tertiary/aromatic N) is 6. The molecule has 2 aliphatic rings. The van der Waals surface area contributed by atoms with Crippen LogP contribution in [0.5, 0.6) is 0 Å². The van der Waals surface area contributed by atoms with Crippen molar-refractivity contribution in [3.8, 4) is 0 Å². The molecule has 0 unspecified atom stereocenters. The smallest absolute Gasteiger partial charge is 0.236 e. The monoisotopic (exact) mass is 366 g/mol. The number of piperazine rings is 2. The van der Waals surface area contributed by atoms with Gasteiger partial charge in [-0.25, -0.2) is 4.98 Å². The highest BCUT2D eigenvalue weighted by atomic mass is 16.2. The number of amides is 1. The standard InChI is InChI=1S/C20H26N6O/c27-20(26-14-12-24(13-15-26)18-4-2-1-3-5-18)17-23-8-10-25(11-9-23)19-16-21-6-7-22-19/h1-7,16H,8-15,17H2. The molecule has 1 amide bonds. The van der Waals surface area contributed by atoms with E-state index in [1.54, 1.807) is 18.6 Å². The Labute approximate surface area is 160 Å². The number of rotatable bonds is 4. The summed E-state index contributed by atoms with van der Waals surface area (Å²) in [5.74, 6) is 1.16. The molecule has 7 heteroatoms. The maximum absolute atomic E-state index is 12.7. The minimum Gasteiger partial charge on any atom is -0.368 e. The zero-order chi connectivity index (χ0) is 18.5. The quantitative estimate of drug-likeness (QED) is 0.803. The molecule has 1 aromatic heterocycles. The molecule has 0 spiro atoms. The molecule has 0 saturated carbocycles. The second-order valence-corrected chi connectivity index (χ2v) is 7.03. The van der Waals surface area contributed by atoms with Crippen LogP contribution in [-0.2, 0) is 4.79 Å². The van der Waals surface area contributed by atoms with Crippen molar-refractivity contribution in [3.63, 3.8) is 0 Å². The van der Waals surface area contributed by atoms with Crippen LogP contribution >= 0.6 is 0 Å². The lowest BCUT2D eigenvalue weighted by atomic mass is 10.2. The van der Waals surface area contributed by atoms with Crippen molar-refractivity contribution in [2.45, 2.75) is 0 Å². The van der Waals surface area contributed by atoms with Crippen molar-refractivity contribution in [2.24, 2.45) is 0 Å². The molecule has 2 aromatic rings. The minimum absolute atomic E-state index is 0.246. The number of carbonyl (C=O) groups is 1. The third kappa shape index (κ3) is 4.36. The lowest BCUT2D eigenvalue weighted by molar-refractivity contribution is -0.132. The van der Waals surface area contributed by atoms with Gasteiger partial charge in [-0.1, -0.05) is 18.2 Å². The molecule has 0 aliphatic carbocycles. The second-order valence-electron chi connectivity index (χ2n) is 7.03. The zero-order valence-corrected chi connectivity index (χ0v) is 15.6. The van der Waals surface area contributed by atoms with E-state index >= 15 is 0 Å². The third-order valence-electron chi connectivity index (χ3n) is 5.36. The van der Waals surface area contributed by atoms with Crippen molar-refractivity contribution < 1.29 is 4.79 Å². The number of carbonyl (C=O) groups excluding carboxylic acids is 1. The highest BCUT2D eigenvalue weighted by Gasteiger charge is 2.25. The molecule has 2 saturated heterocycles. The molecule has 3 heterocycles. The molecule has 142 valence electrons. The fourth-order valence-electron chi connectivity index (χ4n) is 3.73. The van der Waals surface area contributed by atoms with Crippen LogP contribution < -0.4 is 9.80 Å². The molecule has 7 nitrogen and oxygen atoms in total. The van der Waals surface area contributed by atoms with Gasteiger partial charge < -0.3 is 14.7 Å². The summed E-state index contributed by atoms with van der Waals surface area (Å²) in [6.45, 7) is 7.44. The summed E-state index contributed by atoms with van der Waals surface area (Å²) in [5, 5.41) is 0. The van der Waals surface area contributed by atoms with Crippen LogP contribution in [0.3, 0.4) is 0 Å². The number of hydrogen-bond donors (Lipinski definition) is 0. The molecule has 0 bridgehead atoms. The van der Waals surface area contributed by atoms with Crippen molar-refractivity contribution in [2.75, 3.05) is 68.7 Å². The van der Waals surface area contributed by atoms with Gasteiger partial charge in [0, 0.05) is 70.4 Å². The SMILES string of the molecule is O=C(CN1CCN(c2cnccn2)CC1)N1CCN(c2ccccc2)CC1. The van der Waals surface area contributed by atoms with E-state index in [4.69, 9.17) is 0 Å². The molecule has 0 radical (unpaired) electrons. The molecule has 2 fully saturated rings. The maximum Gasteiger partial charge on any atom is 0.236 e. The summed E-state index contributed by atoms with van der Waals surface area (Å²) in [6.07, 6.45) is 5.21. The molecule has 4 rings (SSSR count). The van der Waals surface area contributed by atoms with Gasteiger partial charge in [0.25, 0.3) is 0 Å². The zero-order valence-electron chi connectivity index (χ0n) is 15.6. The lowest BCUT2D eigenvalue weighted by Crippen LogP contribution is -2.54. The van der Waals surface area contributed by atoms with E-state index in [-0.39, 0.29) is 5.91 Å². The molecular formula is C20H26N6O. The summed E-state index contributed by atoms with van der Waals surface area (Å²) >= 11 is 0. The van der Waals surface area contributed by atoms with E-state index in [0.717, 1.165) is 58.2 Å². The van der Waals surface area contributed by atoms with Crippen molar-refractivity contribution in [1.29, 1.82) is 0 Å². The van der Waals surface area contributed by atoms with Crippen molar-refractivity contribution in [3.05, 3.63) is 48.9 Å². The van der Waals surface area contributed by atoms with Gasteiger partial charge in [0.2, 0.25) is 5.91 Å². The molecule has 2 aliphatic heterocycles. The van der Waals surface area contributed by atoms with Gasteiger partial charge in [-0.15, -0.1) is 0 Å². The number of hydrogen-bond acceptors (Lipinski definition) is 6. The van der Waals surface area contributed by atoms with Gasteiger partial charge in [0.15, 0.2) is 0 Å². The fourth-order valence-corrected chi connectivity index (χ4v) is 3.73. The fraction of sp³-hybridized carbons (Fsp3) is 0.450. The summed E-state index contributed by atoms with van der Waals surface area (Å²) < 4.78 is 0. The lowest BCUT2D eigenvalue weighted by Gasteiger charge is -2.38. The van der Waals surface area contributed by atoms with Crippen molar-refractivity contribution >= 4 is 17.4 Å². The largest absolute Gasteiger partial charge is 0.368 e. The summed E-state index contributed by atoms with van der Waals surface area (Å²) in [7, 11) is 0. The van der Waals surface area contributed by atoms with Gasteiger partial charge >= 0.3 is 0 Å². The van der Waals surface area contributed by atoms with Crippen LogP contribution in [0.15, 0.2) is 48.9 Å². The maximum atomic E-state index is 12.7. The van der Waals surface area contributed by atoms with Crippen LogP contribution in [0.25, 0.3) is 0 Å². The number of benzene rings is 1. The van der Waals surface area contributed by atoms with Gasteiger partial charge in [-0.05, 0) is 12.1 Å². The normalized spacial score (nSPS) is 18.6. The Morgan fingerprint density at radius 1 is 0.852 bits per heavy atom. The van der Waals surface area contributed by atoms with E-state index in [1.807, 2.05) is 11.0 Å². The van der Waals surface area contributed by atoms with Crippen molar-refractivity contribution in [1.82, 2.24) is 19.8 Å². The molecular weight excluding hydrogens is 340 g/mol. The topological polar surface area (TPSA) is 55.8 Å². The van der Waals surface area contributed by atoms with E-state index in [1.165, 1.54) is 5.69 Å². The third-order valence-corrected chi connectivity index (χ3v) is 5.36. The average Bonchev–Trinajstić information content (AvgIpc) is 2.76. The predicted molar refractivity (Wildman–Crippen MR) is 106 cm³/mol. The second kappa shape index (κ2) is 8.35. The first-order valence-electron chi connectivity index (χ1n) is 9.61. The Kier molecular flexibility index (Phi) is 5.48. The van der Waals surface area contributed by atoms with E-state index in [9.17, 15) is 4.79 Å². The van der Waals surface area contributed by atoms with E-state index in [0.29, 0.717) is 6.54 Å². The molecule has 1 aromatic carbocycles. The van der Waals surface area contributed by atoms with Crippen LogP contribution in [0, 0.1) is 0 Å². The van der Waals surface area contributed by atoms with Crippen LogP contribution in [0.4, 0.5) is 11.5 Å². The Bertz CT molecular complexity index is 725. The highest BCUT2D eigenvalue weighted by molar-refractivity contribution is 5.78. The predicted octanol–water partition coefficient (Wildman–Crippen LogP) is 0.947. The first kappa shape index (κ1) is 17.7. The summed E-state index contributed by atoms with van der Waals surface area (Å²) in [6, 6.07) is 10.4. The van der Waals surface area contributed by atoms with Gasteiger partial charge in [0.1, 0.15) is 5.82 Å². The average molecular weight is 366 g/mol. The molecule has 0 N–H and O–H groups in total. The van der Waals surface area contributed by atoms with Crippen LogP contribution in [-0.4, -0.2) is 84.6 Å². The number of anilines is 2. The van der Waals surface area contributed by atoms with Gasteiger partial charge in [0.05, 0.1) is 12.7 Å². The molecule has 27 heavy (non-hydrogen) atoms.